The van der Waals surface area contributed by atoms with E-state index in [0.29, 0.717) is 12.5 Å². The largest absolute Gasteiger partial charge is 0.481 e. The van der Waals surface area contributed by atoms with Crippen LogP contribution >= 0.6 is 0 Å². The van der Waals surface area contributed by atoms with Gasteiger partial charge in [0.15, 0.2) is 5.96 Å². The first-order valence-electron chi connectivity index (χ1n) is 9.33. The van der Waals surface area contributed by atoms with Crippen LogP contribution in [0.1, 0.15) is 43.5 Å². The van der Waals surface area contributed by atoms with Crippen molar-refractivity contribution in [2.45, 2.75) is 39.8 Å². The summed E-state index contributed by atoms with van der Waals surface area (Å²) in [4.78, 5) is 15.5. The summed E-state index contributed by atoms with van der Waals surface area (Å²) in [5.74, 6) is 0.467. The van der Waals surface area contributed by atoms with Crippen molar-refractivity contribution in [3.05, 3.63) is 71.3 Å². The fourth-order valence-corrected chi connectivity index (χ4v) is 2.59. The Labute approximate surface area is 161 Å². The van der Waals surface area contributed by atoms with Crippen molar-refractivity contribution in [2.24, 2.45) is 10.9 Å². The summed E-state index contributed by atoms with van der Waals surface area (Å²) in [6, 6.07) is 18.0. The molecule has 0 fully saturated rings. The maximum absolute atomic E-state index is 10.8. The zero-order chi connectivity index (χ0) is 19.6. The zero-order valence-corrected chi connectivity index (χ0v) is 16.3. The van der Waals surface area contributed by atoms with Gasteiger partial charge in [-0.3, -0.25) is 4.79 Å². The predicted molar refractivity (Wildman–Crippen MR) is 110 cm³/mol. The Morgan fingerprint density at radius 3 is 2.22 bits per heavy atom. The molecule has 0 heterocycles. The highest BCUT2D eigenvalue weighted by atomic mass is 16.4. The van der Waals surface area contributed by atoms with Crippen LogP contribution < -0.4 is 10.6 Å². The molecule has 2 aromatic rings. The Kier molecular flexibility index (Phi) is 7.86. The first-order valence-corrected chi connectivity index (χ1v) is 9.33. The van der Waals surface area contributed by atoms with Gasteiger partial charge in [0.25, 0.3) is 0 Å². The van der Waals surface area contributed by atoms with E-state index in [1.165, 1.54) is 5.56 Å². The molecule has 0 amide bonds. The van der Waals surface area contributed by atoms with Crippen molar-refractivity contribution in [1.29, 1.82) is 0 Å². The molecule has 0 aliphatic heterocycles. The second-order valence-electron chi connectivity index (χ2n) is 7.10. The van der Waals surface area contributed by atoms with E-state index in [-0.39, 0.29) is 12.5 Å². The Morgan fingerprint density at radius 1 is 1.00 bits per heavy atom. The highest BCUT2D eigenvalue weighted by Crippen LogP contribution is 2.11. The second kappa shape index (κ2) is 10.4. The number of hydrogen-bond acceptors (Lipinski definition) is 2. The van der Waals surface area contributed by atoms with Gasteiger partial charge in [-0.1, -0.05) is 68.4 Å². The van der Waals surface area contributed by atoms with E-state index in [1.54, 1.807) is 0 Å². The van der Waals surface area contributed by atoms with Crippen molar-refractivity contribution in [3.8, 4) is 0 Å². The molecular weight excluding hydrogens is 338 g/mol. The Morgan fingerprint density at radius 2 is 1.63 bits per heavy atom. The molecule has 5 heteroatoms. The number of aliphatic carboxylic acids is 1. The molecule has 0 spiro atoms. The third-order valence-corrected chi connectivity index (χ3v) is 4.13. The van der Waals surface area contributed by atoms with E-state index < -0.39 is 5.97 Å². The van der Waals surface area contributed by atoms with Gasteiger partial charge in [0.2, 0.25) is 0 Å². The van der Waals surface area contributed by atoms with Crippen LogP contribution in [0.2, 0.25) is 0 Å². The van der Waals surface area contributed by atoms with Gasteiger partial charge in [-0.25, -0.2) is 4.99 Å². The Balaban J connectivity index is 2.04. The van der Waals surface area contributed by atoms with Gasteiger partial charge < -0.3 is 15.7 Å². The van der Waals surface area contributed by atoms with Gasteiger partial charge in [0.05, 0.1) is 19.0 Å². The number of nitrogens with one attached hydrogen (secondary N) is 2. The lowest BCUT2D eigenvalue weighted by Gasteiger charge is -2.19. The molecule has 0 aliphatic carbocycles. The Bertz CT molecular complexity index is 740. The van der Waals surface area contributed by atoms with Crippen molar-refractivity contribution in [2.75, 3.05) is 6.54 Å². The second-order valence-corrected chi connectivity index (χ2v) is 7.10. The quantitative estimate of drug-likeness (QED) is 0.490. The average Bonchev–Trinajstić information content (AvgIpc) is 2.65. The molecule has 0 saturated heterocycles. The fourth-order valence-electron chi connectivity index (χ4n) is 2.59. The predicted octanol–water partition coefficient (Wildman–Crippen LogP) is 3.77. The van der Waals surface area contributed by atoms with E-state index in [2.05, 4.69) is 43.5 Å². The van der Waals surface area contributed by atoms with E-state index in [4.69, 9.17) is 10.1 Å². The van der Waals surface area contributed by atoms with Gasteiger partial charge in [0, 0.05) is 6.54 Å². The molecule has 2 aromatic carbocycles. The summed E-state index contributed by atoms with van der Waals surface area (Å²) in [5, 5.41) is 15.7. The fraction of sp³-hybridized carbons (Fsp3) is 0.364. The molecule has 2 rings (SSSR count). The lowest BCUT2D eigenvalue weighted by molar-refractivity contribution is -0.136. The molecule has 3 N–H and O–H groups in total. The van der Waals surface area contributed by atoms with E-state index in [1.807, 2.05) is 42.5 Å². The lowest BCUT2D eigenvalue weighted by Crippen LogP contribution is -2.40. The molecule has 0 saturated carbocycles. The number of benzene rings is 2. The monoisotopic (exact) mass is 367 g/mol. The van der Waals surface area contributed by atoms with E-state index in [9.17, 15) is 4.79 Å². The maximum Gasteiger partial charge on any atom is 0.307 e. The summed E-state index contributed by atoms with van der Waals surface area (Å²) < 4.78 is 0. The molecule has 0 unspecified atom stereocenters. The van der Waals surface area contributed by atoms with Crippen molar-refractivity contribution in [3.63, 3.8) is 0 Å². The highest BCUT2D eigenvalue weighted by molar-refractivity contribution is 5.80. The highest BCUT2D eigenvalue weighted by Gasteiger charge is 2.08. The normalized spacial score (nSPS) is 12.7. The molecule has 1 atom stereocenters. The molecule has 27 heavy (non-hydrogen) atoms. The molecule has 0 bridgehead atoms. The number of guanidine groups is 1. The lowest BCUT2D eigenvalue weighted by atomic mass is 10.1. The Hall–Kier alpha value is -2.82. The average molecular weight is 367 g/mol. The first-order chi connectivity index (χ1) is 12.9. The maximum atomic E-state index is 10.8. The van der Waals surface area contributed by atoms with Crippen LogP contribution in [0.25, 0.3) is 0 Å². The number of aliphatic imine (C=N–C) groups is 1. The molecule has 144 valence electrons. The van der Waals surface area contributed by atoms with Crippen molar-refractivity contribution < 1.29 is 9.90 Å². The number of rotatable bonds is 8. The molecule has 0 aromatic heterocycles. The molecule has 0 radical (unpaired) electrons. The van der Waals surface area contributed by atoms with E-state index in [0.717, 1.165) is 23.6 Å². The van der Waals surface area contributed by atoms with Gasteiger partial charge >= 0.3 is 5.97 Å². The van der Waals surface area contributed by atoms with E-state index >= 15 is 0 Å². The number of nitrogens with zero attached hydrogens (tertiary/aromatic N) is 1. The minimum absolute atomic E-state index is 0.0425. The van der Waals surface area contributed by atoms with Crippen LogP contribution in [0.5, 0.6) is 0 Å². The summed E-state index contributed by atoms with van der Waals surface area (Å²) in [5.41, 5.74) is 3.04. The van der Waals surface area contributed by atoms with Gasteiger partial charge in [-0.15, -0.1) is 0 Å². The van der Waals surface area contributed by atoms with Crippen LogP contribution in [-0.4, -0.2) is 23.6 Å². The molecule has 0 aliphatic rings. The van der Waals surface area contributed by atoms with Crippen molar-refractivity contribution in [1.82, 2.24) is 10.6 Å². The number of carboxylic acid groups (broad SMARTS) is 1. The third kappa shape index (κ3) is 7.52. The number of hydrogen-bond donors (Lipinski definition) is 3. The summed E-state index contributed by atoms with van der Waals surface area (Å²) >= 11 is 0. The molecule has 5 nitrogen and oxygen atoms in total. The minimum atomic E-state index is -0.819. The zero-order valence-electron chi connectivity index (χ0n) is 16.3. The minimum Gasteiger partial charge on any atom is -0.481 e. The number of carbonyl (C=O) groups is 1. The van der Waals surface area contributed by atoms with Gasteiger partial charge in [0.1, 0.15) is 0 Å². The summed E-state index contributed by atoms with van der Waals surface area (Å²) in [7, 11) is 0. The van der Waals surface area contributed by atoms with Crippen LogP contribution in [0.3, 0.4) is 0 Å². The first kappa shape index (κ1) is 20.5. The molecular formula is C22H29N3O2. The van der Waals surface area contributed by atoms with Gasteiger partial charge in [-0.2, -0.15) is 0 Å². The summed E-state index contributed by atoms with van der Waals surface area (Å²) in [6.45, 7) is 7.80. The smallest absolute Gasteiger partial charge is 0.307 e. The van der Waals surface area contributed by atoms with Crippen molar-refractivity contribution >= 4 is 11.9 Å². The number of carboxylic acids is 1. The van der Waals surface area contributed by atoms with Crippen LogP contribution in [-0.2, 0) is 17.8 Å². The third-order valence-electron chi connectivity index (χ3n) is 4.13. The van der Waals surface area contributed by atoms with Crippen LogP contribution in [0.4, 0.5) is 0 Å². The standard InChI is InChI=1S/C22H29N3O2/c1-16(2)14-23-22(25-17(3)20-7-5-4-6-8-20)24-15-19-11-9-18(10-12-19)13-21(26)27/h4-12,16-17H,13-15H2,1-3H3,(H,26,27)(H2,23,24,25)/t17-/m1/s1. The summed E-state index contributed by atoms with van der Waals surface area (Å²) in [6.07, 6.45) is 0.0425. The van der Waals surface area contributed by atoms with Gasteiger partial charge in [-0.05, 0) is 29.5 Å². The topological polar surface area (TPSA) is 73.7 Å². The van der Waals surface area contributed by atoms with Crippen LogP contribution in [0.15, 0.2) is 59.6 Å². The SMILES string of the molecule is CC(C)CNC(=NCc1ccc(CC(=O)O)cc1)N[C@H](C)c1ccccc1. The van der Waals surface area contributed by atoms with Crippen LogP contribution in [0, 0.1) is 5.92 Å².